The van der Waals surface area contributed by atoms with Gasteiger partial charge in [-0.2, -0.15) is 4.98 Å². The molecule has 0 amide bonds. The van der Waals surface area contributed by atoms with E-state index in [1.54, 1.807) is 24.4 Å². The van der Waals surface area contributed by atoms with Gasteiger partial charge in [0.2, 0.25) is 11.9 Å². The molecule has 2 aliphatic rings. The average molecular weight is 442 g/mol. The number of aliphatic hydroxyl groups is 1. The molecular weight excluding hydrogens is 409 g/mol. The highest BCUT2D eigenvalue weighted by atomic mass is 19.1. The minimum atomic E-state index is -0.320. The molecule has 3 heterocycles. The van der Waals surface area contributed by atoms with E-state index in [0.717, 1.165) is 57.3 Å². The van der Waals surface area contributed by atoms with E-state index in [9.17, 15) is 9.50 Å². The molecule has 0 spiro atoms. The number of halogens is 1. The van der Waals surface area contributed by atoms with Crippen LogP contribution in [0.25, 0.3) is 11.2 Å². The van der Waals surface area contributed by atoms with Crippen molar-refractivity contribution in [1.82, 2.24) is 24.8 Å². The van der Waals surface area contributed by atoms with Gasteiger partial charge in [-0.05, 0) is 63.7 Å². The Kier molecular flexibility index (Phi) is 6.86. The number of imidazole rings is 1. The van der Waals surface area contributed by atoms with Gasteiger partial charge in [-0.15, -0.1) is 0 Å². The van der Waals surface area contributed by atoms with Crippen molar-refractivity contribution in [3.63, 3.8) is 0 Å². The molecule has 2 aromatic heterocycles. The second kappa shape index (κ2) is 9.79. The number of hydrogen-bond donors (Lipinski definition) is 4. The predicted molar refractivity (Wildman–Crippen MR) is 125 cm³/mol. The molecule has 1 aliphatic heterocycles. The van der Waals surface area contributed by atoms with Gasteiger partial charge in [-0.3, -0.25) is 4.57 Å². The fourth-order valence-corrected chi connectivity index (χ4v) is 4.55. The van der Waals surface area contributed by atoms with Crippen LogP contribution in [0, 0.1) is 5.82 Å². The molecule has 4 N–H and O–H groups in total. The van der Waals surface area contributed by atoms with E-state index in [4.69, 9.17) is 9.97 Å². The average Bonchev–Trinajstić information content (AvgIpc) is 3.15. The Balaban J connectivity index is 0.00000245. The number of nitrogens with zero attached hydrogens (tertiary/aromatic N) is 4. The lowest BCUT2D eigenvalue weighted by atomic mass is 9.93. The number of fused-ring (bicyclic) bond motifs is 1. The molecule has 8 nitrogen and oxygen atoms in total. The molecule has 1 aromatic carbocycles. The van der Waals surface area contributed by atoms with Gasteiger partial charge in [0.1, 0.15) is 11.3 Å². The lowest BCUT2D eigenvalue weighted by molar-refractivity contribution is 0.126. The molecule has 1 aliphatic carbocycles. The number of anilines is 3. The lowest BCUT2D eigenvalue weighted by Crippen LogP contribution is -2.30. The third-order valence-corrected chi connectivity index (χ3v) is 6.26. The molecule has 32 heavy (non-hydrogen) atoms. The number of nitrogens with one attached hydrogen (secondary N) is 3. The van der Waals surface area contributed by atoms with Crippen LogP contribution in [0.1, 0.15) is 52.0 Å². The Bertz CT molecular complexity index is 1040. The van der Waals surface area contributed by atoms with Crippen LogP contribution in [-0.4, -0.2) is 49.9 Å². The zero-order valence-corrected chi connectivity index (χ0v) is 17.4. The summed E-state index contributed by atoms with van der Waals surface area (Å²) in [7, 11) is 0. The van der Waals surface area contributed by atoms with Gasteiger partial charge >= 0.3 is 0 Å². The highest BCUT2D eigenvalue weighted by molar-refractivity contribution is 5.76. The molecular formula is C23H32FN7O. The standard InChI is InChI=1S/C22H28FN7O.CH4/c23-17-3-1-2-4-18(17)27-22-28-19-13-25-21(26-14-5-7-16(31)8-6-14)29-20(19)30(22)15-9-11-24-12-10-15;/h1-4,13-16,24,31H,5-12H2,(H,27,28)(H,25,26,29);1H4. The first kappa shape index (κ1) is 22.4. The van der Waals surface area contributed by atoms with E-state index in [1.807, 2.05) is 0 Å². The first-order valence-corrected chi connectivity index (χ1v) is 11.1. The largest absolute Gasteiger partial charge is 0.393 e. The van der Waals surface area contributed by atoms with Crippen LogP contribution in [0.4, 0.5) is 22.0 Å². The number of piperidine rings is 1. The van der Waals surface area contributed by atoms with Crippen LogP contribution in [0.2, 0.25) is 0 Å². The molecule has 0 atom stereocenters. The number of hydrogen-bond acceptors (Lipinski definition) is 7. The fourth-order valence-electron chi connectivity index (χ4n) is 4.55. The third kappa shape index (κ3) is 4.68. The number of aliphatic hydroxyl groups excluding tert-OH is 1. The number of aromatic nitrogens is 4. The van der Waals surface area contributed by atoms with Crippen LogP contribution in [-0.2, 0) is 0 Å². The van der Waals surface area contributed by atoms with Crippen LogP contribution in [0.15, 0.2) is 30.5 Å². The normalized spacial score (nSPS) is 21.8. The molecule has 1 saturated carbocycles. The summed E-state index contributed by atoms with van der Waals surface area (Å²) in [4.78, 5) is 14.0. The summed E-state index contributed by atoms with van der Waals surface area (Å²) in [5, 5.41) is 19.7. The minimum Gasteiger partial charge on any atom is -0.393 e. The van der Waals surface area contributed by atoms with Gasteiger partial charge in [-0.1, -0.05) is 19.6 Å². The SMILES string of the molecule is C.OC1CCC(Nc2ncc3nc(Nc4ccccc4F)n(C4CCNCC4)c3n2)CC1. The number of para-hydroxylation sites is 1. The maximum absolute atomic E-state index is 14.3. The van der Waals surface area contributed by atoms with Crippen molar-refractivity contribution in [3.8, 4) is 0 Å². The summed E-state index contributed by atoms with van der Waals surface area (Å²) in [5.74, 6) is 0.833. The van der Waals surface area contributed by atoms with Crippen molar-refractivity contribution in [3.05, 3.63) is 36.3 Å². The molecule has 0 radical (unpaired) electrons. The van der Waals surface area contributed by atoms with Gasteiger partial charge in [0.25, 0.3) is 0 Å². The lowest BCUT2D eigenvalue weighted by Gasteiger charge is -2.27. The van der Waals surface area contributed by atoms with Crippen molar-refractivity contribution < 1.29 is 9.50 Å². The van der Waals surface area contributed by atoms with Gasteiger partial charge < -0.3 is 21.1 Å². The first-order chi connectivity index (χ1) is 15.2. The van der Waals surface area contributed by atoms with Crippen molar-refractivity contribution in [2.75, 3.05) is 23.7 Å². The molecule has 172 valence electrons. The number of rotatable bonds is 5. The van der Waals surface area contributed by atoms with Crippen LogP contribution in [0.5, 0.6) is 0 Å². The zero-order valence-electron chi connectivity index (χ0n) is 17.4. The summed E-state index contributed by atoms with van der Waals surface area (Å²) in [6.45, 7) is 1.84. The second-order valence-corrected chi connectivity index (χ2v) is 8.44. The molecule has 9 heteroatoms. The third-order valence-electron chi connectivity index (χ3n) is 6.26. The van der Waals surface area contributed by atoms with Crippen molar-refractivity contribution >= 4 is 28.7 Å². The Morgan fingerprint density at radius 1 is 1.03 bits per heavy atom. The second-order valence-electron chi connectivity index (χ2n) is 8.44. The van der Waals surface area contributed by atoms with E-state index in [-0.39, 0.29) is 31.4 Å². The Morgan fingerprint density at radius 2 is 1.78 bits per heavy atom. The summed E-state index contributed by atoms with van der Waals surface area (Å²) < 4.78 is 16.4. The smallest absolute Gasteiger partial charge is 0.224 e. The van der Waals surface area contributed by atoms with Gasteiger partial charge in [-0.25, -0.2) is 14.4 Å². The van der Waals surface area contributed by atoms with Gasteiger partial charge in [0, 0.05) is 12.1 Å². The molecule has 0 bridgehead atoms. The topological polar surface area (TPSA) is 99.9 Å². The summed E-state index contributed by atoms with van der Waals surface area (Å²) in [5.41, 5.74) is 1.82. The zero-order chi connectivity index (χ0) is 21.2. The van der Waals surface area contributed by atoms with E-state index < -0.39 is 0 Å². The van der Waals surface area contributed by atoms with Crippen molar-refractivity contribution in [2.45, 2.75) is 64.1 Å². The Hall–Kier alpha value is -2.78. The highest BCUT2D eigenvalue weighted by Gasteiger charge is 2.24. The van der Waals surface area contributed by atoms with Gasteiger partial charge in [0.15, 0.2) is 5.65 Å². The molecule has 0 unspecified atom stereocenters. The van der Waals surface area contributed by atoms with Gasteiger partial charge in [0.05, 0.1) is 18.0 Å². The Morgan fingerprint density at radius 3 is 2.53 bits per heavy atom. The number of benzene rings is 1. The molecule has 1 saturated heterocycles. The monoisotopic (exact) mass is 441 g/mol. The van der Waals surface area contributed by atoms with Crippen LogP contribution < -0.4 is 16.0 Å². The summed E-state index contributed by atoms with van der Waals surface area (Å²) >= 11 is 0. The maximum atomic E-state index is 14.3. The van der Waals surface area contributed by atoms with E-state index in [0.29, 0.717) is 23.1 Å². The van der Waals surface area contributed by atoms with Crippen LogP contribution in [0.3, 0.4) is 0 Å². The van der Waals surface area contributed by atoms with Crippen LogP contribution >= 0.6 is 0 Å². The molecule has 3 aromatic rings. The Labute approximate surface area is 187 Å². The fraction of sp³-hybridized carbons (Fsp3) is 0.522. The van der Waals surface area contributed by atoms with Crippen molar-refractivity contribution in [1.29, 1.82) is 0 Å². The summed E-state index contributed by atoms with van der Waals surface area (Å²) in [6, 6.07) is 7.08. The van der Waals surface area contributed by atoms with E-state index in [2.05, 4.69) is 25.5 Å². The minimum absolute atomic E-state index is 0. The first-order valence-electron chi connectivity index (χ1n) is 11.1. The van der Waals surface area contributed by atoms with E-state index >= 15 is 0 Å². The highest BCUT2D eigenvalue weighted by Crippen LogP contribution is 2.31. The molecule has 5 rings (SSSR count). The molecule has 2 fully saturated rings. The predicted octanol–water partition coefficient (Wildman–Crippen LogP) is 3.99. The van der Waals surface area contributed by atoms with Crippen molar-refractivity contribution in [2.24, 2.45) is 0 Å². The maximum Gasteiger partial charge on any atom is 0.224 e. The quantitative estimate of drug-likeness (QED) is 0.475. The summed E-state index contributed by atoms with van der Waals surface area (Å²) in [6.07, 6.45) is 6.82. The van der Waals surface area contributed by atoms with E-state index in [1.165, 1.54) is 6.07 Å².